The van der Waals surface area contributed by atoms with Gasteiger partial charge in [-0.15, -0.1) is 0 Å². The number of amides is 1. The van der Waals surface area contributed by atoms with E-state index in [0.717, 1.165) is 33.6 Å². The molecule has 0 radical (unpaired) electrons. The number of pyridine rings is 1. The molecule has 0 fully saturated rings. The Kier molecular flexibility index (Phi) is 3.79. The summed E-state index contributed by atoms with van der Waals surface area (Å²) in [7, 11) is 0.425. The van der Waals surface area contributed by atoms with Gasteiger partial charge in [-0.25, -0.2) is 13.9 Å². The number of hydrogen-bond acceptors (Lipinski definition) is 6. The smallest absolute Gasteiger partial charge is 0.258 e. The van der Waals surface area contributed by atoms with Crippen molar-refractivity contribution < 1.29 is 13.7 Å². The first-order chi connectivity index (χ1) is 13.8. The van der Waals surface area contributed by atoms with Crippen LogP contribution in [-0.2, 0) is 15.8 Å². The zero-order valence-corrected chi connectivity index (χ0v) is 17.0. The monoisotopic (exact) mass is 409 g/mol. The Bertz CT molecular complexity index is 1230. The van der Waals surface area contributed by atoms with Gasteiger partial charge in [0.25, 0.3) is 5.91 Å². The van der Waals surface area contributed by atoms with Gasteiger partial charge in [0.05, 0.1) is 17.3 Å². The summed E-state index contributed by atoms with van der Waals surface area (Å²) in [6, 6.07) is 7.84. The van der Waals surface area contributed by atoms with E-state index in [4.69, 9.17) is 4.74 Å². The second-order valence-electron chi connectivity index (χ2n) is 7.75. The third-order valence-corrected chi connectivity index (χ3v) is 6.44. The van der Waals surface area contributed by atoms with Crippen molar-refractivity contribution >= 4 is 38.6 Å². The predicted octanol–water partition coefficient (Wildman–Crippen LogP) is 2.30. The number of likely N-dealkylation sites (N-methyl/N-ethyl adjacent to an activating group) is 1. The van der Waals surface area contributed by atoms with Gasteiger partial charge >= 0.3 is 0 Å². The highest BCUT2D eigenvalue weighted by molar-refractivity contribution is 7.93. The molecule has 1 N–H and O–H groups in total. The van der Waals surface area contributed by atoms with Gasteiger partial charge in [0.2, 0.25) is 0 Å². The Hall–Kier alpha value is -3.20. The fraction of sp³-hybridized carbons (Fsp3) is 0.250. The molecule has 0 saturated heterocycles. The number of hydrogen-bond donors (Lipinski definition) is 1. The first kappa shape index (κ1) is 17.9. The number of nitrogens with one attached hydrogen (secondary N) is 1. The average Bonchev–Trinajstić information content (AvgIpc) is 3.26. The van der Waals surface area contributed by atoms with Crippen LogP contribution in [0.15, 0.2) is 42.7 Å². The van der Waals surface area contributed by atoms with Gasteiger partial charge in [-0.3, -0.25) is 9.52 Å². The Morgan fingerprint density at radius 3 is 2.79 bits per heavy atom. The van der Waals surface area contributed by atoms with Crippen molar-refractivity contribution in [1.82, 2.24) is 19.5 Å². The summed E-state index contributed by atoms with van der Waals surface area (Å²) in [6.07, 6.45) is 4.83. The number of benzene rings is 1. The number of anilines is 1. The van der Waals surface area contributed by atoms with Crippen molar-refractivity contribution in [1.29, 1.82) is 0 Å². The minimum absolute atomic E-state index is 0.111. The second-order valence-corrected chi connectivity index (χ2v) is 8.91. The van der Waals surface area contributed by atoms with Crippen LogP contribution in [0.3, 0.4) is 0 Å². The van der Waals surface area contributed by atoms with Crippen molar-refractivity contribution in [3.8, 4) is 16.9 Å². The van der Waals surface area contributed by atoms with E-state index in [1.54, 1.807) is 6.20 Å². The predicted molar refractivity (Wildman–Crippen MR) is 111 cm³/mol. The highest BCUT2D eigenvalue weighted by Crippen LogP contribution is 2.38. The molecule has 8 nitrogen and oxygen atoms in total. The first-order valence-electron chi connectivity index (χ1n) is 9.13. The zero-order chi connectivity index (χ0) is 20.3. The summed E-state index contributed by atoms with van der Waals surface area (Å²) >= 11 is 0. The summed E-state index contributed by atoms with van der Waals surface area (Å²) < 4.78 is 21.9. The molecule has 0 aliphatic carbocycles. The molecule has 1 atom stereocenters. The van der Waals surface area contributed by atoms with Crippen LogP contribution in [0, 0.1) is 0 Å². The maximum atomic E-state index is 12.0. The highest BCUT2D eigenvalue weighted by atomic mass is 32.2. The van der Waals surface area contributed by atoms with Crippen LogP contribution in [0.4, 0.5) is 5.82 Å². The van der Waals surface area contributed by atoms with Crippen LogP contribution >= 0.6 is 0 Å². The van der Waals surface area contributed by atoms with Gasteiger partial charge in [0.15, 0.2) is 27.6 Å². The molecule has 9 heteroatoms. The minimum Gasteiger partial charge on any atom is -0.487 e. The molecule has 0 spiro atoms. The normalized spacial score (nSPS) is 20.2. The molecule has 1 amide bonds. The Morgan fingerprint density at radius 1 is 1.21 bits per heavy atom. The van der Waals surface area contributed by atoms with Gasteiger partial charge in [0, 0.05) is 30.3 Å². The SMILES string of the molecule is CN1c2ncc(-c3ccc4c(cnn4C4=CC(=O)NS4=O)c3)cc2OCC1(C)C. The van der Waals surface area contributed by atoms with E-state index in [0.29, 0.717) is 11.6 Å². The third-order valence-electron chi connectivity index (χ3n) is 5.39. The van der Waals surface area contributed by atoms with Crippen molar-refractivity contribution in [3.63, 3.8) is 0 Å². The maximum Gasteiger partial charge on any atom is 0.258 e. The molecule has 148 valence electrons. The summed E-state index contributed by atoms with van der Waals surface area (Å²) in [4.78, 5) is 18.2. The lowest BCUT2D eigenvalue weighted by Gasteiger charge is -2.41. The van der Waals surface area contributed by atoms with Crippen molar-refractivity contribution in [2.75, 3.05) is 18.6 Å². The van der Waals surface area contributed by atoms with E-state index in [9.17, 15) is 9.00 Å². The molecular weight excluding hydrogens is 390 g/mol. The van der Waals surface area contributed by atoms with Gasteiger partial charge in [-0.2, -0.15) is 5.10 Å². The highest BCUT2D eigenvalue weighted by Gasteiger charge is 2.32. The molecule has 2 aliphatic heterocycles. The molecule has 2 aromatic heterocycles. The topological polar surface area (TPSA) is 89.4 Å². The number of rotatable bonds is 2. The Morgan fingerprint density at radius 2 is 2.03 bits per heavy atom. The molecule has 3 aromatic rings. The van der Waals surface area contributed by atoms with Crippen LogP contribution in [0.5, 0.6) is 5.75 Å². The Balaban J connectivity index is 1.53. The quantitative estimate of drug-likeness (QED) is 0.699. The lowest BCUT2D eigenvalue weighted by atomic mass is 10.0. The van der Waals surface area contributed by atoms with Gasteiger partial charge < -0.3 is 9.64 Å². The lowest BCUT2D eigenvalue weighted by molar-refractivity contribution is -0.114. The lowest BCUT2D eigenvalue weighted by Crippen LogP contribution is -2.49. The molecule has 4 heterocycles. The number of ether oxygens (including phenoxy) is 1. The summed E-state index contributed by atoms with van der Waals surface area (Å²) in [5.41, 5.74) is 2.57. The molecule has 0 saturated carbocycles. The largest absolute Gasteiger partial charge is 0.487 e. The van der Waals surface area contributed by atoms with E-state index < -0.39 is 11.0 Å². The van der Waals surface area contributed by atoms with Crippen LogP contribution in [-0.4, -0.2) is 44.1 Å². The van der Waals surface area contributed by atoms with Crippen LogP contribution < -0.4 is 14.4 Å². The van der Waals surface area contributed by atoms with Gasteiger partial charge in [-0.1, -0.05) is 6.07 Å². The number of aromatic nitrogens is 3. The molecule has 0 bridgehead atoms. The number of fused-ring (bicyclic) bond motifs is 2. The second kappa shape index (κ2) is 6.15. The summed E-state index contributed by atoms with van der Waals surface area (Å²) in [5, 5.41) is 5.51. The number of nitrogens with zero attached hydrogens (tertiary/aromatic N) is 4. The van der Waals surface area contributed by atoms with Gasteiger partial charge in [-0.05, 0) is 37.6 Å². The summed E-state index contributed by atoms with van der Waals surface area (Å²) in [5.74, 6) is 1.20. The van der Waals surface area contributed by atoms with Crippen LogP contribution in [0.2, 0.25) is 0 Å². The van der Waals surface area contributed by atoms with E-state index >= 15 is 0 Å². The van der Waals surface area contributed by atoms with Crippen molar-refractivity contribution in [3.05, 3.63) is 42.7 Å². The maximum absolute atomic E-state index is 12.0. The minimum atomic E-state index is -1.60. The fourth-order valence-corrected chi connectivity index (χ4v) is 4.32. The van der Waals surface area contributed by atoms with Crippen LogP contribution in [0.1, 0.15) is 13.8 Å². The van der Waals surface area contributed by atoms with Crippen molar-refractivity contribution in [2.24, 2.45) is 0 Å². The zero-order valence-electron chi connectivity index (χ0n) is 16.2. The molecular formula is C20H19N5O3S. The third kappa shape index (κ3) is 2.80. The molecule has 29 heavy (non-hydrogen) atoms. The summed E-state index contributed by atoms with van der Waals surface area (Å²) in [6.45, 7) is 4.83. The molecule has 1 aromatic carbocycles. The number of carbonyl (C=O) groups is 1. The van der Waals surface area contributed by atoms with E-state index in [1.165, 1.54) is 10.8 Å². The fourth-order valence-electron chi connectivity index (χ4n) is 3.46. The molecule has 2 aliphatic rings. The molecule has 1 unspecified atom stereocenters. The van der Waals surface area contributed by atoms with E-state index in [2.05, 4.69) is 33.6 Å². The number of carbonyl (C=O) groups excluding carboxylic acids is 1. The molecule has 5 rings (SSSR count). The van der Waals surface area contributed by atoms with Crippen LogP contribution in [0.25, 0.3) is 27.1 Å². The van der Waals surface area contributed by atoms with E-state index in [1.807, 2.05) is 37.5 Å². The Labute approximate surface area is 169 Å². The van der Waals surface area contributed by atoms with E-state index in [-0.39, 0.29) is 11.4 Å². The standard InChI is InChI=1S/C20H19N5O3S/c1-20(2)11-28-16-7-13(9-21-19(16)24(20)3)12-4-5-15-14(6-12)10-22-25(15)18-8-17(26)23-29(18)27/h4-10H,11H2,1-3H3,(H,23,26). The first-order valence-corrected chi connectivity index (χ1v) is 10.3. The van der Waals surface area contributed by atoms with Crippen molar-refractivity contribution in [2.45, 2.75) is 19.4 Å². The average molecular weight is 409 g/mol. The van der Waals surface area contributed by atoms with Gasteiger partial charge in [0.1, 0.15) is 6.61 Å².